The molecule has 0 bridgehead atoms. The molecule has 0 spiro atoms. The summed E-state index contributed by atoms with van der Waals surface area (Å²) < 4.78 is 7.66. The maximum absolute atomic E-state index is 12.5. The second-order valence-corrected chi connectivity index (χ2v) is 6.77. The molecule has 1 fully saturated rings. The number of amides is 2. The lowest BCUT2D eigenvalue weighted by molar-refractivity contribution is 0.00540. The van der Waals surface area contributed by atoms with Crippen LogP contribution in [0.3, 0.4) is 0 Å². The highest BCUT2D eigenvalue weighted by Gasteiger charge is 2.23. The quantitative estimate of drug-likeness (QED) is 0.739. The molecule has 1 aromatic carbocycles. The molecule has 3 aromatic rings. The van der Waals surface area contributed by atoms with E-state index in [-0.39, 0.29) is 12.1 Å². The van der Waals surface area contributed by atoms with Crippen molar-refractivity contribution < 1.29 is 9.53 Å². The first kappa shape index (κ1) is 18.2. The van der Waals surface area contributed by atoms with Gasteiger partial charge in [0, 0.05) is 25.5 Å². The summed E-state index contributed by atoms with van der Waals surface area (Å²) in [7, 11) is 0. The molecule has 7 nitrogen and oxygen atoms in total. The molecule has 144 valence electrons. The number of carbonyl (C=O) groups is 1. The Hall–Kier alpha value is -3.19. The van der Waals surface area contributed by atoms with E-state index in [4.69, 9.17) is 4.74 Å². The average molecular weight is 377 g/mol. The van der Waals surface area contributed by atoms with Gasteiger partial charge in [-0.25, -0.2) is 14.5 Å². The molecule has 7 heteroatoms. The summed E-state index contributed by atoms with van der Waals surface area (Å²) in [6.45, 7) is 1.99. The highest BCUT2D eigenvalue weighted by atomic mass is 16.5. The molecule has 4 rings (SSSR count). The molecular formula is C21H23N5O2. The molecule has 1 aliphatic rings. The number of pyridine rings is 1. The van der Waals surface area contributed by atoms with E-state index in [1.54, 1.807) is 17.1 Å². The summed E-state index contributed by atoms with van der Waals surface area (Å²) in [5.41, 5.74) is 1.84. The summed E-state index contributed by atoms with van der Waals surface area (Å²) in [5.74, 6) is 0.708. The van der Waals surface area contributed by atoms with E-state index in [1.807, 2.05) is 47.5 Å². The lowest BCUT2D eigenvalue weighted by Crippen LogP contribution is -2.43. The molecule has 0 atom stereocenters. The standard InChI is InChI=1S/C21H23N5O2/c27-21(24-18-7-8-20(22-15-18)26-12-4-11-23-26)25-13-9-19(10-14-25)28-16-17-5-2-1-3-6-17/h1-8,11-12,15,19H,9-10,13-14,16H2,(H,24,27). The number of hydrogen-bond donors (Lipinski definition) is 1. The lowest BCUT2D eigenvalue weighted by atomic mass is 10.1. The van der Waals surface area contributed by atoms with Crippen LogP contribution in [0.1, 0.15) is 18.4 Å². The summed E-state index contributed by atoms with van der Waals surface area (Å²) in [4.78, 5) is 18.7. The van der Waals surface area contributed by atoms with E-state index in [0.29, 0.717) is 31.2 Å². The maximum atomic E-state index is 12.5. The number of anilines is 1. The largest absolute Gasteiger partial charge is 0.373 e. The van der Waals surface area contributed by atoms with Crippen LogP contribution in [0.2, 0.25) is 0 Å². The van der Waals surface area contributed by atoms with Gasteiger partial charge < -0.3 is 15.0 Å². The fourth-order valence-corrected chi connectivity index (χ4v) is 3.22. The summed E-state index contributed by atoms with van der Waals surface area (Å²) in [6, 6.07) is 15.6. The van der Waals surface area contributed by atoms with Crippen LogP contribution >= 0.6 is 0 Å². The van der Waals surface area contributed by atoms with Crippen molar-refractivity contribution in [3.8, 4) is 5.82 Å². The van der Waals surface area contributed by atoms with Crippen LogP contribution < -0.4 is 5.32 Å². The zero-order valence-corrected chi connectivity index (χ0v) is 15.6. The van der Waals surface area contributed by atoms with E-state index < -0.39 is 0 Å². The van der Waals surface area contributed by atoms with Crippen molar-refractivity contribution in [2.75, 3.05) is 18.4 Å². The van der Waals surface area contributed by atoms with Gasteiger partial charge in [0.15, 0.2) is 5.82 Å². The van der Waals surface area contributed by atoms with Crippen molar-refractivity contribution in [1.82, 2.24) is 19.7 Å². The molecule has 28 heavy (non-hydrogen) atoms. The second-order valence-electron chi connectivity index (χ2n) is 6.77. The van der Waals surface area contributed by atoms with Crippen molar-refractivity contribution in [2.45, 2.75) is 25.6 Å². The Morgan fingerprint density at radius 1 is 1.11 bits per heavy atom. The third-order valence-electron chi connectivity index (χ3n) is 4.80. The van der Waals surface area contributed by atoms with Crippen LogP contribution in [0, 0.1) is 0 Å². The van der Waals surface area contributed by atoms with Gasteiger partial charge in [-0.05, 0) is 36.6 Å². The van der Waals surface area contributed by atoms with Gasteiger partial charge in [-0.15, -0.1) is 0 Å². The molecule has 3 heterocycles. The van der Waals surface area contributed by atoms with Crippen molar-refractivity contribution in [2.24, 2.45) is 0 Å². The first-order chi connectivity index (χ1) is 13.8. The summed E-state index contributed by atoms with van der Waals surface area (Å²) in [6.07, 6.45) is 7.05. The highest BCUT2D eigenvalue weighted by Crippen LogP contribution is 2.17. The predicted octanol–water partition coefficient (Wildman–Crippen LogP) is 3.48. The van der Waals surface area contributed by atoms with Crippen molar-refractivity contribution in [3.63, 3.8) is 0 Å². The Morgan fingerprint density at radius 2 is 1.93 bits per heavy atom. The summed E-state index contributed by atoms with van der Waals surface area (Å²) in [5, 5.41) is 7.05. The number of likely N-dealkylation sites (tertiary alicyclic amines) is 1. The summed E-state index contributed by atoms with van der Waals surface area (Å²) >= 11 is 0. The third-order valence-corrected chi connectivity index (χ3v) is 4.80. The smallest absolute Gasteiger partial charge is 0.321 e. The van der Waals surface area contributed by atoms with Crippen LogP contribution in [-0.4, -0.2) is 44.9 Å². The maximum Gasteiger partial charge on any atom is 0.321 e. The minimum atomic E-state index is -0.102. The fourth-order valence-electron chi connectivity index (χ4n) is 3.22. The van der Waals surface area contributed by atoms with E-state index in [1.165, 1.54) is 5.56 Å². The number of ether oxygens (including phenoxy) is 1. The number of urea groups is 1. The van der Waals surface area contributed by atoms with Crippen molar-refractivity contribution >= 4 is 11.7 Å². The number of carbonyl (C=O) groups excluding carboxylic acids is 1. The zero-order chi connectivity index (χ0) is 19.2. The normalized spacial score (nSPS) is 14.8. The van der Waals surface area contributed by atoms with E-state index >= 15 is 0 Å². The van der Waals surface area contributed by atoms with Crippen molar-refractivity contribution in [1.29, 1.82) is 0 Å². The molecule has 1 saturated heterocycles. The number of nitrogens with zero attached hydrogens (tertiary/aromatic N) is 4. The van der Waals surface area contributed by atoms with Crippen LogP contribution in [0.15, 0.2) is 67.1 Å². The molecule has 0 unspecified atom stereocenters. The molecule has 1 N–H and O–H groups in total. The van der Waals surface area contributed by atoms with Crippen LogP contribution in [-0.2, 0) is 11.3 Å². The van der Waals surface area contributed by atoms with Crippen LogP contribution in [0.4, 0.5) is 10.5 Å². The number of rotatable bonds is 5. The minimum Gasteiger partial charge on any atom is -0.373 e. The van der Waals surface area contributed by atoms with E-state index in [2.05, 4.69) is 27.5 Å². The van der Waals surface area contributed by atoms with Gasteiger partial charge in [-0.1, -0.05) is 30.3 Å². The molecule has 2 aromatic heterocycles. The number of hydrogen-bond acceptors (Lipinski definition) is 4. The minimum absolute atomic E-state index is 0.102. The van der Waals surface area contributed by atoms with Crippen LogP contribution in [0.25, 0.3) is 5.82 Å². The lowest BCUT2D eigenvalue weighted by Gasteiger charge is -2.32. The number of aromatic nitrogens is 3. The van der Waals surface area contributed by atoms with Crippen LogP contribution in [0.5, 0.6) is 0 Å². The fraction of sp³-hybridized carbons (Fsp3) is 0.286. The first-order valence-corrected chi connectivity index (χ1v) is 9.45. The zero-order valence-electron chi connectivity index (χ0n) is 15.6. The molecular weight excluding hydrogens is 354 g/mol. The molecule has 2 amide bonds. The second kappa shape index (κ2) is 8.67. The molecule has 1 aliphatic heterocycles. The monoisotopic (exact) mass is 377 g/mol. The Bertz CT molecular complexity index is 873. The Morgan fingerprint density at radius 3 is 2.61 bits per heavy atom. The third kappa shape index (κ3) is 4.55. The SMILES string of the molecule is O=C(Nc1ccc(-n2cccn2)nc1)N1CCC(OCc2ccccc2)CC1. The number of piperidine rings is 1. The average Bonchev–Trinajstić information content (AvgIpc) is 3.29. The van der Waals surface area contributed by atoms with Gasteiger partial charge in [0.2, 0.25) is 0 Å². The van der Waals surface area contributed by atoms with E-state index in [0.717, 1.165) is 12.8 Å². The number of nitrogens with one attached hydrogen (secondary N) is 1. The molecule has 0 saturated carbocycles. The van der Waals surface area contributed by atoms with E-state index in [9.17, 15) is 4.79 Å². The Labute approximate surface area is 164 Å². The topological polar surface area (TPSA) is 72.3 Å². The van der Waals surface area contributed by atoms with Gasteiger partial charge in [0.05, 0.1) is 24.6 Å². The van der Waals surface area contributed by atoms with Gasteiger partial charge in [-0.2, -0.15) is 5.10 Å². The Kier molecular flexibility index (Phi) is 5.63. The highest BCUT2D eigenvalue weighted by molar-refractivity contribution is 5.89. The molecule has 0 aliphatic carbocycles. The van der Waals surface area contributed by atoms with Crippen molar-refractivity contribution in [3.05, 3.63) is 72.7 Å². The predicted molar refractivity (Wildman–Crippen MR) is 106 cm³/mol. The number of benzene rings is 1. The van der Waals surface area contributed by atoms with Gasteiger partial charge in [0.25, 0.3) is 0 Å². The Balaban J connectivity index is 1.24. The van der Waals surface area contributed by atoms with Gasteiger partial charge >= 0.3 is 6.03 Å². The molecule has 0 radical (unpaired) electrons. The first-order valence-electron chi connectivity index (χ1n) is 9.45. The van der Waals surface area contributed by atoms with Gasteiger partial charge in [0.1, 0.15) is 0 Å². The van der Waals surface area contributed by atoms with Gasteiger partial charge in [-0.3, -0.25) is 0 Å².